The molecule has 214 valence electrons. The van der Waals surface area contributed by atoms with E-state index in [1.54, 1.807) is 12.4 Å². The smallest absolute Gasteiger partial charge is 0.280 e. The minimum atomic E-state index is -0.453. The van der Waals surface area contributed by atoms with Gasteiger partial charge in [-0.3, -0.25) is 4.79 Å². The monoisotopic (exact) mass is 537 g/mol. The lowest BCUT2D eigenvalue weighted by atomic mass is 9.78. The van der Waals surface area contributed by atoms with Crippen LogP contribution < -0.4 is 5.43 Å². The third-order valence-corrected chi connectivity index (χ3v) is 6.37. The van der Waals surface area contributed by atoms with Gasteiger partial charge in [0.1, 0.15) is 11.5 Å². The molecule has 0 spiro atoms. The van der Waals surface area contributed by atoms with Gasteiger partial charge in [0, 0.05) is 22.3 Å². The summed E-state index contributed by atoms with van der Waals surface area (Å²) < 4.78 is 0. The van der Waals surface area contributed by atoms with Crippen LogP contribution in [-0.4, -0.2) is 35.2 Å². The van der Waals surface area contributed by atoms with Crippen molar-refractivity contribution in [2.24, 2.45) is 10.3 Å². The minimum absolute atomic E-state index is 0.258. The lowest BCUT2D eigenvalue weighted by molar-refractivity contribution is -0.125. The van der Waals surface area contributed by atoms with Gasteiger partial charge in [-0.2, -0.15) is 5.10 Å². The highest BCUT2D eigenvalue weighted by Gasteiger charge is 2.27. The molecule has 0 unspecified atom stereocenters. The molecule has 1 amide bonds. The van der Waals surface area contributed by atoms with Crippen LogP contribution in [0.15, 0.2) is 34.5 Å². The van der Waals surface area contributed by atoms with Crippen LogP contribution in [0, 0.1) is 0 Å². The Morgan fingerprint density at radius 2 is 1.03 bits per heavy atom. The van der Waals surface area contributed by atoms with E-state index >= 15 is 0 Å². The number of benzene rings is 2. The number of oxime groups is 1. The number of phenolic OH excluding ortho intramolecular Hbond substituents is 2. The van der Waals surface area contributed by atoms with Gasteiger partial charge in [0.2, 0.25) is 0 Å². The van der Waals surface area contributed by atoms with E-state index in [2.05, 4.69) is 15.7 Å². The zero-order valence-corrected chi connectivity index (χ0v) is 25.8. The van der Waals surface area contributed by atoms with Crippen molar-refractivity contribution >= 4 is 18.3 Å². The molecule has 0 aliphatic carbocycles. The van der Waals surface area contributed by atoms with Crippen LogP contribution in [0.2, 0.25) is 0 Å². The summed E-state index contributed by atoms with van der Waals surface area (Å²) in [6, 6.07) is 7.54. The first-order chi connectivity index (χ1) is 17.6. The molecular weight excluding hydrogens is 490 g/mol. The number of amides is 1. The summed E-state index contributed by atoms with van der Waals surface area (Å²) in [4.78, 5) is 17.5. The zero-order chi connectivity index (χ0) is 30.0. The number of hydrazone groups is 1. The van der Waals surface area contributed by atoms with E-state index in [-0.39, 0.29) is 28.3 Å². The summed E-state index contributed by atoms with van der Waals surface area (Å²) in [6.07, 6.45) is 3.10. The van der Waals surface area contributed by atoms with E-state index in [0.717, 1.165) is 33.4 Å². The number of carbonyl (C=O) groups excluding carboxylic acids is 1. The Bertz CT molecular complexity index is 1180. The quantitative estimate of drug-likeness (QED) is 0.279. The van der Waals surface area contributed by atoms with Gasteiger partial charge in [0.15, 0.2) is 6.61 Å². The van der Waals surface area contributed by atoms with Crippen LogP contribution >= 0.6 is 0 Å². The Kier molecular flexibility index (Phi) is 9.32. The molecule has 0 saturated carbocycles. The van der Waals surface area contributed by atoms with Crippen molar-refractivity contribution in [2.45, 2.75) is 105 Å². The SMILES string of the molecule is CC(C)(C)c1cc(/C=N/NC(=O)CO/N=C/c2cc(C(C)(C)C)c(O)c(C(C)(C)C)c2)cc(C(C)(C)C)c1O. The van der Waals surface area contributed by atoms with Crippen molar-refractivity contribution in [3.63, 3.8) is 0 Å². The summed E-state index contributed by atoms with van der Waals surface area (Å²) in [6.45, 7) is 24.2. The molecule has 2 rings (SSSR count). The third kappa shape index (κ3) is 8.57. The molecule has 7 heteroatoms. The molecule has 2 aromatic rings. The topological polar surface area (TPSA) is 104 Å². The van der Waals surface area contributed by atoms with Crippen molar-refractivity contribution in [1.82, 2.24) is 5.43 Å². The summed E-state index contributed by atoms with van der Waals surface area (Å²) in [5, 5.41) is 29.8. The maximum Gasteiger partial charge on any atom is 0.280 e. The van der Waals surface area contributed by atoms with Gasteiger partial charge < -0.3 is 15.1 Å². The van der Waals surface area contributed by atoms with Crippen LogP contribution in [-0.2, 0) is 31.3 Å². The molecule has 0 saturated heterocycles. The highest BCUT2D eigenvalue weighted by molar-refractivity contribution is 5.84. The first-order valence-electron chi connectivity index (χ1n) is 13.4. The van der Waals surface area contributed by atoms with E-state index in [0.29, 0.717) is 11.5 Å². The predicted octanol–water partition coefficient (Wildman–Crippen LogP) is 6.79. The second kappa shape index (κ2) is 11.4. The molecule has 0 heterocycles. The Labute approximate surface area is 234 Å². The Morgan fingerprint density at radius 1 is 0.692 bits per heavy atom. The molecule has 0 fully saturated rings. The lowest BCUT2D eigenvalue weighted by Crippen LogP contribution is -2.22. The van der Waals surface area contributed by atoms with Crippen molar-refractivity contribution in [1.29, 1.82) is 0 Å². The van der Waals surface area contributed by atoms with Gasteiger partial charge in [-0.1, -0.05) is 88.2 Å². The van der Waals surface area contributed by atoms with Gasteiger partial charge >= 0.3 is 0 Å². The summed E-state index contributed by atoms with van der Waals surface area (Å²) in [5.74, 6) is 0.134. The number of carbonyl (C=O) groups is 1. The van der Waals surface area contributed by atoms with E-state index < -0.39 is 5.91 Å². The average molecular weight is 538 g/mol. The van der Waals surface area contributed by atoms with Crippen molar-refractivity contribution in [2.75, 3.05) is 6.61 Å². The zero-order valence-electron chi connectivity index (χ0n) is 25.8. The highest BCUT2D eigenvalue weighted by Crippen LogP contribution is 2.40. The Balaban J connectivity index is 2.12. The number of nitrogens with zero attached hydrogens (tertiary/aromatic N) is 2. The van der Waals surface area contributed by atoms with Crippen LogP contribution in [0.1, 0.15) is 116 Å². The van der Waals surface area contributed by atoms with Crippen molar-refractivity contribution < 1.29 is 19.8 Å². The maximum atomic E-state index is 12.3. The molecule has 7 nitrogen and oxygen atoms in total. The first kappa shape index (κ1) is 31.9. The van der Waals surface area contributed by atoms with E-state index in [1.807, 2.05) is 107 Å². The molecule has 0 aromatic heterocycles. The van der Waals surface area contributed by atoms with Crippen LogP contribution in [0.4, 0.5) is 0 Å². The standard InChI is InChI=1S/C32H47N3O4/c1-29(2,3)22-13-20(14-23(27(22)37)30(4,5)6)17-33-35-26(36)19-39-34-18-21-15-24(31(7,8)9)28(38)25(16-21)32(10,11)12/h13-18,37-38H,19H2,1-12H3,(H,35,36)/b33-17+,34-18+. The molecule has 0 radical (unpaired) electrons. The van der Waals surface area contributed by atoms with Gasteiger partial charge in [-0.05, 0) is 57.1 Å². The van der Waals surface area contributed by atoms with Crippen LogP contribution in [0.3, 0.4) is 0 Å². The number of nitrogens with one attached hydrogen (secondary N) is 1. The van der Waals surface area contributed by atoms with Crippen molar-refractivity contribution in [3.8, 4) is 11.5 Å². The van der Waals surface area contributed by atoms with Gasteiger partial charge in [0.25, 0.3) is 5.91 Å². The molecule has 3 N–H and O–H groups in total. The van der Waals surface area contributed by atoms with Crippen molar-refractivity contribution in [3.05, 3.63) is 57.6 Å². The molecule has 0 atom stereocenters. The number of hydrogen-bond acceptors (Lipinski definition) is 6. The van der Waals surface area contributed by atoms with Gasteiger partial charge in [-0.15, -0.1) is 0 Å². The predicted molar refractivity (Wildman–Crippen MR) is 160 cm³/mol. The molecule has 2 aromatic carbocycles. The van der Waals surface area contributed by atoms with Gasteiger partial charge in [0.05, 0.1) is 12.4 Å². The maximum absolute atomic E-state index is 12.3. The fraction of sp³-hybridized carbons (Fsp3) is 0.531. The van der Waals surface area contributed by atoms with Gasteiger partial charge in [-0.25, -0.2) is 5.43 Å². The Hall–Kier alpha value is -3.35. The van der Waals surface area contributed by atoms with E-state index in [9.17, 15) is 15.0 Å². The number of aromatic hydroxyl groups is 2. The van der Waals surface area contributed by atoms with Crippen LogP contribution in [0.5, 0.6) is 11.5 Å². The van der Waals surface area contributed by atoms with E-state index in [4.69, 9.17) is 4.84 Å². The first-order valence-corrected chi connectivity index (χ1v) is 13.4. The second-order valence-electron chi connectivity index (χ2n) is 14.2. The summed E-state index contributed by atoms with van der Waals surface area (Å²) in [5.41, 5.74) is 6.25. The summed E-state index contributed by atoms with van der Waals surface area (Å²) in [7, 11) is 0. The number of hydrogen-bond donors (Lipinski definition) is 3. The highest BCUT2D eigenvalue weighted by atomic mass is 16.6. The fourth-order valence-corrected chi connectivity index (χ4v) is 4.15. The lowest BCUT2D eigenvalue weighted by Gasteiger charge is -2.27. The van der Waals surface area contributed by atoms with Crippen LogP contribution in [0.25, 0.3) is 0 Å². The largest absolute Gasteiger partial charge is 0.507 e. The molecule has 0 aliphatic rings. The normalized spacial score (nSPS) is 13.3. The average Bonchev–Trinajstić information content (AvgIpc) is 2.75. The summed E-state index contributed by atoms with van der Waals surface area (Å²) >= 11 is 0. The molecule has 0 bridgehead atoms. The third-order valence-electron chi connectivity index (χ3n) is 6.37. The molecular formula is C32H47N3O4. The fourth-order valence-electron chi connectivity index (χ4n) is 4.15. The molecule has 39 heavy (non-hydrogen) atoms. The second-order valence-corrected chi connectivity index (χ2v) is 14.2. The Morgan fingerprint density at radius 3 is 1.36 bits per heavy atom. The number of rotatable bonds is 6. The number of phenols is 2. The molecule has 0 aliphatic heterocycles. The minimum Gasteiger partial charge on any atom is -0.507 e. The van der Waals surface area contributed by atoms with E-state index in [1.165, 1.54) is 0 Å².